The minimum absolute atomic E-state index is 0.0482. The second-order valence-corrected chi connectivity index (χ2v) is 9.20. The fourth-order valence-electron chi connectivity index (χ4n) is 3.84. The first kappa shape index (κ1) is 33.8. The van der Waals surface area contributed by atoms with Crippen LogP contribution in [0.3, 0.4) is 0 Å². The molecule has 0 aromatic carbocycles. The second kappa shape index (κ2) is 25.9. The lowest BCUT2D eigenvalue weighted by atomic mass is 10.1. The first-order valence-electron chi connectivity index (χ1n) is 13.7. The Kier molecular flexibility index (Phi) is 25.0. The maximum Gasteiger partial charge on any atom is 0.305 e. The van der Waals surface area contributed by atoms with Gasteiger partial charge in [-0.15, -0.1) is 0 Å². The monoisotopic (exact) mass is 504 g/mol. The highest BCUT2D eigenvalue weighted by atomic mass is 16.5. The smallest absolute Gasteiger partial charge is 0.305 e. The molecule has 2 unspecified atom stereocenters. The van der Waals surface area contributed by atoms with E-state index in [0.717, 1.165) is 89.9 Å². The zero-order valence-electron chi connectivity index (χ0n) is 22.3. The number of carbonyl (C=O) groups excluding carboxylic acids is 2. The van der Waals surface area contributed by atoms with Gasteiger partial charge in [-0.25, -0.2) is 0 Å². The van der Waals surface area contributed by atoms with Gasteiger partial charge >= 0.3 is 11.9 Å². The van der Waals surface area contributed by atoms with Crippen LogP contribution in [-0.4, -0.2) is 75.0 Å². The molecule has 0 radical (unpaired) electrons. The lowest BCUT2D eigenvalue weighted by Gasteiger charge is -2.11. The Morgan fingerprint density at radius 2 is 0.886 bits per heavy atom. The van der Waals surface area contributed by atoms with Gasteiger partial charge in [0.25, 0.3) is 0 Å². The summed E-state index contributed by atoms with van der Waals surface area (Å²) < 4.78 is 20.7. The van der Waals surface area contributed by atoms with E-state index < -0.39 is 0 Å². The molecule has 0 rings (SSSR count). The average molecular weight is 505 g/mol. The summed E-state index contributed by atoms with van der Waals surface area (Å²) in [5.74, 6) is -0.368. The highest BCUT2D eigenvalue weighted by Crippen LogP contribution is 2.12. The van der Waals surface area contributed by atoms with Gasteiger partial charge in [0.1, 0.15) is 0 Å². The molecule has 8 nitrogen and oxygen atoms in total. The number of methoxy groups -OCH3 is 2. The molecule has 0 heterocycles. The lowest BCUT2D eigenvalue weighted by molar-refractivity contribution is -0.146. The van der Waals surface area contributed by atoms with Gasteiger partial charge in [0.05, 0.1) is 38.6 Å². The van der Waals surface area contributed by atoms with E-state index in [-0.39, 0.29) is 50.6 Å². The molecular formula is C27H52O8. The highest BCUT2D eigenvalue weighted by molar-refractivity contribution is 5.69. The predicted molar refractivity (Wildman–Crippen MR) is 136 cm³/mol. The van der Waals surface area contributed by atoms with Crippen LogP contribution < -0.4 is 0 Å². The van der Waals surface area contributed by atoms with E-state index in [0.29, 0.717) is 19.3 Å². The van der Waals surface area contributed by atoms with Crippen LogP contribution in [0.25, 0.3) is 0 Å². The van der Waals surface area contributed by atoms with E-state index in [1.807, 2.05) is 0 Å². The van der Waals surface area contributed by atoms with Crippen molar-refractivity contribution in [3.05, 3.63) is 0 Å². The summed E-state index contributed by atoms with van der Waals surface area (Å²) in [6.45, 7) is 0.730. The van der Waals surface area contributed by atoms with Crippen LogP contribution in [-0.2, 0) is 28.5 Å². The van der Waals surface area contributed by atoms with Crippen LogP contribution in [0.4, 0.5) is 0 Å². The van der Waals surface area contributed by atoms with E-state index in [4.69, 9.17) is 29.2 Å². The van der Waals surface area contributed by atoms with Crippen molar-refractivity contribution in [3.63, 3.8) is 0 Å². The maximum absolute atomic E-state index is 11.8. The first-order chi connectivity index (χ1) is 17.1. The summed E-state index contributed by atoms with van der Waals surface area (Å²) in [6, 6.07) is 0. The fourth-order valence-corrected chi connectivity index (χ4v) is 3.84. The zero-order valence-corrected chi connectivity index (χ0v) is 22.3. The van der Waals surface area contributed by atoms with E-state index in [1.54, 1.807) is 14.2 Å². The molecule has 0 aromatic heterocycles. The molecule has 8 heteroatoms. The fraction of sp³-hybridized carbons (Fsp3) is 0.926. The quantitative estimate of drug-likeness (QED) is 0.129. The Morgan fingerprint density at radius 3 is 1.23 bits per heavy atom. The molecule has 0 saturated heterocycles. The van der Waals surface area contributed by atoms with Crippen molar-refractivity contribution in [2.45, 2.75) is 121 Å². The summed E-state index contributed by atoms with van der Waals surface area (Å²) in [4.78, 5) is 23.5. The van der Waals surface area contributed by atoms with Gasteiger partial charge in [0, 0.05) is 33.5 Å². The number of rotatable bonds is 26. The predicted octanol–water partition coefficient (Wildman–Crippen LogP) is 4.72. The molecular weight excluding hydrogens is 452 g/mol. The molecule has 0 spiro atoms. The highest BCUT2D eigenvalue weighted by Gasteiger charge is 2.07. The Labute approximate surface area is 213 Å². The molecule has 2 N–H and O–H groups in total. The third-order valence-corrected chi connectivity index (χ3v) is 6.20. The molecule has 0 amide bonds. The number of hydrogen-bond donors (Lipinski definition) is 2. The van der Waals surface area contributed by atoms with Crippen molar-refractivity contribution in [2.75, 3.05) is 40.6 Å². The molecule has 0 saturated carbocycles. The lowest BCUT2D eigenvalue weighted by Crippen LogP contribution is -2.14. The molecule has 0 aromatic rings. The van der Waals surface area contributed by atoms with Gasteiger partial charge in [-0.05, 0) is 25.7 Å². The summed E-state index contributed by atoms with van der Waals surface area (Å²) in [7, 11) is 3.25. The first-order valence-corrected chi connectivity index (χ1v) is 13.7. The third-order valence-electron chi connectivity index (χ3n) is 6.20. The maximum atomic E-state index is 11.8. The van der Waals surface area contributed by atoms with Crippen LogP contribution in [0, 0.1) is 0 Å². The summed E-state index contributed by atoms with van der Waals surface area (Å²) in [6.07, 6.45) is 15.6. The molecule has 0 aliphatic heterocycles. The molecule has 0 aliphatic rings. The van der Waals surface area contributed by atoms with E-state index in [2.05, 4.69) is 0 Å². The van der Waals surface area contributed by atoms with Gasteiger partial charge in [-0.2, -0.15) is 0 Å². The number of esters is 2. The van der Waals surface area contributed by atoms with Crippen LogP contribution in [0.5, 0.6) is 0 Å². The molecule has 2 atom stereocenters. The van der Waals surface area contributed by atoms with E-state index in [1.165, 1.54) is 0 Å². The van der Waals surface area contributed by atoms with Crippen molar-refractivity contribution >= 4 is 11.9 Å². The Morgan fingerprint density at radius 1 is 0.543 bits per heavy atom. The minimum Gasteiger partial charge on any atom is -0.466 e. The van der Waals surface area contributed by atoms with Gasteiger partial charge in [0.15, 0.2) is 0 Å². The average Bonchev–Trinajstić information content (AvgIpc) is 2.86. The topological polar surface area (TPSA) is 112 Å². The van der Waals surface area contributed by atoms with Crippen LogP contribution in [0.2, 0.25) is 0 Å². The zero-order chi connectivity index (χ0) is 26.0. The molecule has 0 bridgehead atoms. The van der Waals surface area contributed by atoms with Crippen LogP contribution in [0.15, 0.2) is 0 Å². The van der Waals surface area contributed by atoms with Gasteiger partial charge in [0.2, 0.25) is 0 Å². The number of unbranched alkanes of at least 4 members (excludes halogenated alkanes) is 10. The van der Waals surface area contributed by atoms with Crippen molar-refractivity contribution < 1.29 is 38.7 Å². The second-order valence-electron chi connectivity index (χ2n) is 9.20. The van der Waals surface area contributed by atoms with Gasteiger partial charge < -0.3 is 29.2 Å². The van der Waals surface area contributed by atoms with Crippen LogP contribution >= 0.6 is 0 Å². The number of aliphatic hydroxyl groups is 2. The SMILES string of the molecule is COC(CO)CCCCCCCCC(=O)OCCCOC(=O)CCCCCCCCC(CO)OC. The molecule has 35 heavy (non-hydrogen) atoms. The van der Waals surface area contributed by atoms with Crippen molar-refractivity contribution in [2.24, 2.45) is 0 Å². The number of aliphatic hydroxyl groups excluding tert-OH is 2. The number of ether oxygens (including phenoxy) is 4. The summed E-state index contributed by atoms with van der Waals surface area (Å²) in [5, 5.41) is 18.1. The van der Waals surface area contributed by atoms with E-state index in [9.17, 15) is 9.59 Å². The molecule has 0 aliphatic carbocycles. The van der Waals surface area contributed by atoms with E-state index >= 15 is 0 Å². The van der Waals surface area contributed by atoms with Gasteiger partial charge in [-0.3, -0.25) is 9.59 Å². The minimum atomic E-state index is -0.184. The standard InChI is InChI=1S/C27H52O8/c1-32-24(22-28)16-11-7-3-5-9-13-18-26(30)34-20-15-21-35-27(31)19-14-10-6-4-8-12-17-25(23-29)33-2/h24-25,28-29H,3-23H2,1-2H3. The molecule has 0 fully saturated rings. The van der Waals surface area contributed by atoms with Crippen molar-refractivity contribution in [3.8, 4) is 0 Å². The van der Waals surface area contributed by atoms with Gasteiger partial charge in [-0.1, -0.05) is 64.2 Å². The third kappa shape index (κ3) is 23.0. The number of hydrogen-bond acceptors (Lipinski definition) is 8. The van der Waals surface area contributed by atoms with Crippen molar-refractivity contribution in [1.29, 1.82) is 0 Å². The summed E-state index contributed by atoms with van der Waals surface area (Å²) in [5.41, 5.74) is 0. The Balaban J connectivity index is 3.38. The number of carbonyl (C=O) groups is 2. The normalized spacial score (nSPS) is 12.9. The Hall–Kier alpha value is -1.22. The van der Waals surface area contributed by atoms with Crippen molar-refractivity contribution in [1.82, 2.24) is 0 Å². The Bertz CT molecular complexity index is 436. The largest absolute Gasteiger partial charge is 0.466 e. The van der Waals surface area contributed by atoms with Crippen LogP contribution in [0.1, 0.15) is 109 Å². The summed E-state index contributed by atoms with van der Waals surface area (Å²) >= 11 is 0. The molecule has 208 valence electrons.